The molecule has 1 saturated carbocycles. The fourth-order valence-electron chi connectivity index (χ4n) is 3.51. The summed E-state index contributed by atoms with van der Waals surface area (Å²) in [6, 6.07) is 0. The first-order chi connectivity index (χ1) is 8.16. The van der Waals surface area contributed by atoms with E-state index in [9.17, 15) is 9.90 Å². The molecule has 2 aliphatic heterocycles. The maximum Gasteiger partial charge on any atom is 0.225 e. The standard InChI is InChI=1S/C13H21NO3/c15-12(10-7-9-3-4-11(10)17-9)14-8-13(16)5-1-2-6-13/h9-11,16H,1-8H2,(H,14,15). The average Bonchev–Trinajstić information content (AvgIpc) is 3.02. The lowest BCUT2D eigenvalue weighted by Gasteiger charge is -2.24. The Morgan fingerprint density at radius 2 is 2.12 bits per heavy atom. The quantitative estimate of drug-likeness (QED) is 0.771. The van der Waals surface area contributed by atoms with Crippen LogP contribution in [0.2, 0.25) is 0 Å². The lowest BCUT2D eigenvalue weighted by molar-refractivity contribution is -0.127. The van der Waals surface area contributed by atoms with Gasteiger partial charge in [0.05, 0.1) is 23.7 Å². The summed E-state index contributed by atoms with van der Waals surface area (Å²) in [6.45, 7) is 0.416. The van der Waals surface area contributed by atoms with Gasteiger partial charge in [0, 0.05) is 6.54 Å². The summed E-state index contributed by atoms with van der Waals surface area (Å²) < 4.78 is 5.68. The predicted octanol–water partition coefficient (Wildman–Crippen LogP) is 0.975. The van der Waals surface area contributed by atoms with Gasteiger partial charge in [0.15, 0.2) is 0 Å². The molecule has 1 amide bonds. The molecule has 2 heterocycles. The summed E-state index contributed by atoms with van der Waals surface area (Å²) in [5.74, 6) is 0.108. The fraction of sp³-hybridized carbons (Fsp3) is 0.923. The molecule has 2 saturated heterocycles. The molecule has 2 N–H and O–H groups in total. The van der Waals surface area contributed by atoms with E-state index in [-0.39, 0.29) is 17.9 Å². The van der Waals surface area contributed by atoms with E-state index in [1.54, 1.807) is 0 Å². The third-order valence-corrected chi connectivity index (χ3v) is 4.57. The Morgan fingerprint density at radius 3 is 2.71 bits per heavy atom. The van der Waals surface area contributed by atoms with Crippen LogP contribution >= 0.6 is 0 Å². The van der Waals surface area contributed by atoms with E-state index >= 15 is 0 Å². The Hall–Kier alpha value is -0.610. The van der Waals surface area contributed by atoms with Crippen LogP contribution in [0.25, 0.3) is 0 Å². The highest BCUT2D eigenvalue weighted by atomic mass is 16.5. The second-order valence-corrected chi connectivity index (χ2v) is 5.87. The lowest BCUT2D eigenvalue weighted by atomic mass is 9.88. The number of amides is 1. The maximum absolute atomic E-state index is 12.0. The number of rotatable bonds is 3. The van der Waals surface area contributed by atoms with Gasteiger partial charge >= 0.3 is 0 Å². The minimum atomic E-state index is -0.645. The van der Waals surface area contributed by atoms with Crippen molar-refractivity contribution in [1.29, 1.82) is 0 Å². The van der Waals surface area contributed by atoms with Gasteiger partial charge in [-0.2, -0.15) is 0 Å². The molecular formula is C13H21NO3. The second-order valence-electron chi connectivity index (χ2n) is 5.87. The minimum absolute atomic E-state index is 0.0266. The van der Waals surface area contributed by atoms with E-state index in [0.717, 1.165) is 44.9 Å². The highest BCUT2D eigenvalue weighted by Crippen LogP contribution is 2.39. The summed E-state index contributed by atoms with van der Waals surface area (Å²) in [7, 11) is 0. The van der Waals surface area contributed by atoms with Gasteiger partial charge in [-0.1, -0.05) is 12.8 Å². The number of carbonyl (C=O) groups excluding carboxylic acids is 1. The Kier molecular flexibility index (Phi) is 2.87. The molecule has 4 nitrogen and oxygen atoms in total. The zero-order chi connectivity index (χ0) is 11.9. The number of ether oxygens (including phenoxy) is 1. The number of fused-ring (bicyclic) bond motifs is 2. The van der Waals surface area contributed by atoms with E-state index in [2.05, 4.69) is 5.32 Å². The van der Waals surface area contributed by atoms with Crippen molar-refractivity contribution >= 4 is 5.91 Å². The zero-order valence-corrected chi connectivity index (χ0v) is 10.2. The molecule has 3 unspecified atom stereocenters. The molecule has 1 aliphatic carbocycles. The van der Waals surface area contributed by atoms with Crippen LogP contribution in [-0.2, 0) is 9.53 Å². The third-order valence-electron chi connectivity index (χ3n) is 4.57. The largest absolute Gasteiger partial charge is 0.388 e. The molecule has 2 bridgehead atoms. The van der Waals surface area contributed by atoms with Crippen molar-refractivity contribution in [3.63, 3.8) is 0 Å². The minimum Gasteiger partial charge on any atom is -0.388 e. The van der Waals surface area contributed by atoms with Crippen LogP contribution in [0, 0.1) is 5.92 Å². The van der Waals surface area contributed by atoms with E-state index in [1.165, 1.54) is 0 Å². The highest BCUT2D eigenvalue weighted by Gasteiger charge is 2.44. The van der Waals surface area contributed by atoms with E-state index in [1.807, 2.05) is 0 Å². The molecular weight excluding hydrogens is 218 g/mol. The molecule has 0 aromatic carbocycles. The highest BCUT2D eigenvalue weighted by molar-refractivity contribution is 5.79. The van der Waals surface area contributed by atoms with Gasteiger partial charge in [-0.3, -0.25) is 4.79 Å². The first kappa shape index (κ1) is 11.5. The van der Waals surface area contributed by atoms with Crippen LogP contribution < -0.4 is 5.32 Å². The fourth-order valence-corrected chi connectivity index (χ4v) is 3.51. The van der Waals surface area contributed by atoms with Gasteiger partial charge in [-0.25, -0.2) is 0 Å². The number of nitrogens with one attached hydrogen (secondary N) is 1. The molecule has 3 atom stereocenters. The molecule has 0 radical (unpaired) electrons. The van der Waals surface area contributed by atoms with Gasteiger partial charge in [0.25, 0.3) is 0 Å². The topological polar surface area (TPSA) is 58.6 Å². The number of hydrogen-bond acceptors (Lipinski definition) is 3. The van der Waals surface area contributed by atoms with Crippen LogP contribution in [0.4, 0.5) is 0 Å². The molecule has 4 heteroatoms. The van der Waals surface area contributed by atoms with Gasteiger partial charge in [-0.15, -0.1) is 0 Å². The lowest BCUT2D eigenvalue weighted by Crippen LogP contribution is -2.44. The summed E-state index contributed by atoms with van der Waals surface area (Å²) in [6.07, 6.45) is 7.23. The van der Waals surface area contributed by atoms with Crippen molar-refractivity contribution in [1.82, 2.24) is 5.32 Å². The van der Waals surface area contributed by atoms with Crippen molar-refractivity contribution in [3.8, 4) is 0 Å². The normalized spacial score (nSPS) is 38.5. The molecule has 3 rings (SSSR count). The first-order valence-corrected chi connectivity index (χ1v) is 6.82. The van der Waals surface area contributed by atoms with Crippen molar-refractivity contribution in [2.45, 2.75) is 62.8 Å². The summed E-state index contributed by atoms with van der Waals surface area (Å²) in [5, 5.41) is 13.1. The molecule has 3 fully saturated rings. The van der Waals surface area contributed by atoms with Crippen molar-refractivity contribution in [3.05, 3.63) is 0 Å². The van der Waals surface area contributed by atoms with E-state index < -0.39 is 5.60 Å². The summed E-state index contributed by atoms with van der Waals surface area (Å²) in [4.78, 5) is 12.0. The number of aliphatic hydroxyl groups is 1. The van der Waals surface area contributed by atoms with Gasteiger partial charge < -0.3 is 15.2 Å². The Labute approximate surface area is 102 Å². The number of hydrogen-bond donors (Lipinski definition) is 2. The van der Waals surface area contributed by atoms with Gasteiger partial charge in [0.1, 0.15) is 0 Å². The Morgan fingerprint density at radius 1 is 1.35 bits per heavy atom. The molecule has 3 aliphatic rings. The van der Waals surface area contributed by atoms with Crippen LogP contribution in [0.5, 0.6) is 0 Å². The molecule has 17 heavy (non-hydrogen) atoms. The van der Waals surface area contributed by atoms with Gasteiger partial charge in [0.2, 0.25) is 5.91 Å². The van der Waals surface area contributed by atoms with Gasteiger partial charge in [-0.05, 0) is 32.1 Å². The van der Waals surface area contributed by atoms with E-state index in [0.29, 0.717) is 12.6 Å². The third kappa shape index (κ3) is 2.20. The predicted molar refractivity (Wildman–Crippen MR) is 62.4 cm³/mol. The molecule has 0 aromatic heterocycles. The first-order valence-electron chi connectivity index (χ1n) is 6.82. The van der Waals surface area contributed by atoms with Crippen LogP contribution in [0.15, 0.2) is 0 Å². The van der Waals surface area contributed by atoms with Crippen molar-refractivity contribution in [2.75, 3.05) is 6.54 Å². The molecule has 0 aromatic rings. The number of carbonyl (C=O) groups is 1. The van der Waals surface area contributed by atoms with Crippen molar-refractivity contribution < 1.29 is 14.6 Å². The molecule has 96 valence electrons. The Balaban J connectivity index is 1.50. The van der Waals surface area contributed by atoms with Crippen molar-refractivity contribution in [2.24, 2.45) is 5.92 Å². The second kappa shape index (κ2) is 4.25. The molecule has 0 spiro atoms. The monoisotopic (exact) mass is 239 g/mol. The SMILES string of the molecule is O=C(NCC1(O)CCCC1)C1CC2CCC1O2. The zero-order valence-electron chi connectivity index (χ0n) is 10.2. The smallest absolute Gasteiger partial charge is 0.225 e. The maximum atomic E-state index is 12.0. The summed E-state index contributed by atoms with van der Waals surface area (Å²) in [5.41, 5.74) is -0.645. The summed E-state index contributed by atoms with van der Waals surface area (Å²) >= 11 is 0. The van der Waals surface area contributed by atoms with Crippen LogP contribution in [0.1, 0.15) is 44.9 Å². The van der Waals surface area contributed by atoms with E-state index in [4.69, 9.17) is 4.74 Å². The Bertz CT molecular complexity index is 312. The van der Waals surface area contributed by atoms with Crippen LogP contribution in [0.3, 0.4) is 0 Å². The average molecular weight is 239 g/mol. The van der Waals surface area contributed by atoms with Crippen LogP contribution in [-0.4, -0.2) is 35.4 Å².